The molecule has 1 aliphatic heterocycles. The summed E-state index contributed by atoms with van der Waals surface area (Å²) in [6.45, 7) is 4.64. The minimum absolute atomic E-state index is 0.711. The zero-order valence-corrected chi connectivity index (χ0v) is 16.2. The Kier molecular flexibility index (Phi) is 5.65. The molecule has 2 aromatic rings. The van der Waals surface area contributed by atoms with Gasteiger partial charge in [0.25, 0.3) is 0 Å². The lowest BCUT2D eigenvalue weighted by molar-refractivity contribution is 0.372. The normalized spacial score (nSPS) is 15.3. The van der Waals surface area contributed by atoms with Crippen molar-refractivity contribution in [3.63, 3.8) is 0 Å². The van der Waals surface area contributed by atoms with Gasteiger partial charge in [0.05, 0.1) is 18.4 Å². The van der Waals surface area contributed by atoms with Crippen molar-refractivity contribution in [2.45, 2.75) is 6.54 Å². The number of benzene rings is 1. The lowest BCUT2D eigenvalue weighted by atomic mass is 10.2. The molecule has 1 N–H and O–H groups in total. The number of nitrogens with zero attached hydrogens (tertiary/aromatic N) is 6. The molecule has 0 amide bonds. The molecule has 140 valence electrons. The first-order valence-electron chi connectivity index (χ1n) is 9.03. The van der Waals surface area contributed by atoms with Crippen LogP contribution in [0, 0.1) is 0 Å². The number of guanidine groups is 1. The fourth-order valence-corrected chi connectivity index (χ4v) is 3.33. The van der Waals surface area contributed by atoms with Crippen molar-refractivity contribution in [3.8, 4) is 0 Å². The van der Waals surface area contributed by atoms with E-state index in [9.17, 15) is 0 Å². The van der Waals surface area contributed by atoms with E-state index in [1.165, 1.54) is 5.69 Å². The van der Waals surface area contributed by atoms with Gasteiger partial charge in [-0.2, -0.15) is 0 Å². The van der Waals surface area contributed by atoms with E-state index in [0.717, 1.165) is 43.8 Å². The topological polar surface area (TPSA) is 51.9 Å². The molecule has 1 fully saturated rings. The van der Waals surface area contributed by atoms with Crippen LogP contribution < -0.4 is 15.1 Å². The molecular weight excluding hydrogens is 326 g/mol. The molecule has 26 heavy (non-hydrogen) atoms. The number of anilines is 2. The monoisotopic (exact) mass is 355 g/mol. The first kappa shape index (κ1) is 18.1. The summed E-state index contributed by atoms with van der Waals surface area (Å²) in [5.41, 5.74) is 2.43. The lowest BCUT2D eigenvalue weighted by Gasteiger charge is -2.37. The molecule has 0 atom stereocenters. The minimum Gasteiger partial charge on any atom is -0.368 e. The van der Waals surface area contributed by atoms with Crippen LogP contribution in [0.3, 0.4) is 0 Å². The Morgan fingerprint density at radius 2 is 1.85 bits per heavy atom. The van der Waals surface area contributed by atoms with Crippen molar-refractivity contribution in [2.24, 2.45) is 12.0 Å². The largest absolute Gasteiger partial charge is 0.368 e. The quantitative estimate of drug-likeness (QED) is 0.663. The molecule has 0 unspecified atom stereocenters. The van der Waals surface area contributed by atoms with Crippen LogP contribution in [0.1, 0.15) is 5.69 Å². The molecule has 1 aromatic carbocycles. The van der Waals surface area contributed by atoms with E-state index in [4.69, 9.17) is 0 Å². The fraction of sp³-hybridized carbons (Fsp3) is 0.474. The number of piperazine rings is 1. The first-order chi connectivity index (χ1) is 12.6. The lowest BCUT2D eigenvalue weighted by Crippen LogP contribution is -2.52. The number of aromatic nitrogens is 2. The van der Waals surface area contributed by atoms with E-state index < -0.39 is 0 Å². The van der Waals surface area contributed by atoms with Crippen LogP contribution in [0.25, 0.3) is 0 Å². The van der Waals surface area contributed by atoms with Crippen LogP contribution in [0.5, 0.6) is 0 Å². The van der Waals surface area contributed by atoms with E-state index in [0.29, 0.717) is 6.54 Å². The standard InChI is InChI=1S/C19H29N7/c1-20-18(21-14-17-15-22-19(23(2)3)24(17)4)26-12-10-25(11-13-26)16-8-6-5-7-9-16/h5-9,15H,10-14H2,1-4H3,(H,20,21). The van der Waals surface area contributed by atoms with E-state index >= 15 is 0 Å². The molecular formula is C19H29N7. The predicted octanol–water partition coefficient (Wildman–Crippen LogP) is 1.38. The average molecular weight is 355 g/mol. The molecule has 0 bridgehead atoms. The smallest absolute Gasteiger partial charge is 0.204 e. The summed E-state index contributed by atoms with van der Waals surface area (Å²) in [4.78, 5) is 15.7. The number of aliphatic imine (C=N–C) groups is 1. The molecule has 0 radical (unpaired) electrons. The van der Waals surface area contributed by atoms with E-state index in [1.807, 2.05) is 39.3 Å². The zero-order chi connectivity index (χ0) is 18.5. The van der Waals surface area contributed by atoms with Gasteiger partial charge in [-0.05, 0) is 12.1 Å². The van der Waals surface area contributed by atoms with Gasteiger partial charge in [0.2, 0.25) is 5.95 Å². The molecule has 2 heterocycles. The Labute approximate surface area is 155 Å². The van der Waals surface area contributed by atoms with Gasteiger partial charge < -0.3 is 24.6 Å². The van der Waals surface area contributed by atoms with Crippen LogP contribution in [0.4, 0.5) is 11.6 Å². The van der Waals surface area contributed by atoms with Gasteiger partial charge in [0.15, 0.2) is 5.96 Å². The van der Waals surface area contributed by atoms with Crippen molar-refractivity contribution in [1.82, 2.24) is 19.8 Å². The molecule has 3 rings (SSSR count). The summed E-state index contributed by atoms with van der Waals surface area (Å²) >= 11 is 0. The second-order valence-electron chi connectivity index (χ2n) is 6.71. The maximum atomic E-state index is 4.47. The molecule has 1 aliphatic rings. The highest BCUT2D eigenvalue weighted by Gasteiger charge is 2.20. The molecule has 1 saturated heterocycles. The third-order valence-electron chi connectivity index (χ3n) is 4.80. The fourth-order valence-electron chi connectivity index (χ4n) is 3.33. The maximum absolute atomic E-state index is 4.47. The summed E-state index contributed by atoms with van der Waals surface area (Å²) in [6.07, 6.45) is 1.92. The van der Waals surface area contributed by atoms with Gasteiger partial charge in [-0.1, -0.05) is 18.2 Å². The number of hydrogen-bond acceptors (Lipinski definition) is 4. The number of rotatable bonds is 4. The van der Waals surface area contributed by atoms with Crippen LogP contribution in [-0.2, 0) is 13.6 Å². The van der Waals surface area contributed by atoms with Gasteiger partial charge in [-0.15, -0.1) is 0 Å². The number of hydrogen-bond donors (Lipinski definition) is 1. The summed E-state index contributed by atoms with van der Waals surface area (Å²) in [5.74, 6) is 1.90. The van der Waals surface area contributed by atoms with Gasteiger partial charge in [0, 0.05) is 60.1 Å². The molecule has 0 saturated carbocycles. The summed E-state index contributed by atoms with van der Waals surface area (Å²) < 4.78 is 2.10. The molecule has 0 spiro atoms. The minimum atomic E-state index is 0.711. The highest BCUT2D eigenvalue weighted by molar-refractivity contribution is 5.80. The average Bonchev–Trinajstić information content (AvgIpc) is 3.04. The third kappa shape index (κ3) is 3.92. The van der Waals surface area contributed by atoms with Crippen molar-refractivity contribution < 1.29 is 0 Å². The van der Waals surface area contributed by atoms with Crippen molar-refractivity contribution >= 4 is 17.6 Å². The van der Waals surface area contributed by atoms with Crippen molar-refractivity contribution in [3.05, 3.63) is 42.2 Å². The first-order valence-corrected chi connectivity index (χ1v) is 9.03. The Balaban J connectivity index is 1.56. The van der Waals surface area contributed by atoms with Crippen molar-refractivity contribution in [2.75, 3.05) is 57.1 Å². The number of para-hydroxylation sites is 1. The Morgan fingerprint density at radius 3 is 2.42 bits per heavy atom. The van der Waals surface area contributed by atoms with Crippen LogP contribution in [-0.4, -0.2) is 67.7 Å². The SMILES string of the molecule is CN=C(NCc1cnc(N(C)C)n1C)N1CCN(c2ccccc2)CC1. The summed E-state index contributed by atoms with van der Waals surface area (Å²) in [7, 11) is 7.90. The Hall–Kier alpha value is -2.70. The Morgan fingerprint density at radius 1 is 1.15 bits per heavy atom. The third-order valence-corrected chi connectivity index (χ3v) is 4.80. The number of nitrogens with one attached hydrogen (secondary N) is 1. The summed E-state index contributed by atoms with van der Waals surface area (Å²) in [5, 5.41) is 3.48. The molecule has 0 aliphatic carbocycles. The number of imidazole rings is 1. The highest BCUT2D eigenvalue weighted by Crippen LogP contribution is 2.16. The van der Waals surface area contributed by atoms with Crippen LogP contribution in [0.2, 0.25) is 0 Å². The molecule has 7 nitrogen and oxygen atoms in total. The summed E-state index contributed by atoms with van der Waals surface area (Å²) in [6, 6.07) is 10.6. The second kappa shape index (κ2) is 8.12. The van der Waals surface area contributed by atoms with Crippen molar-refractivity contribution in [1.29, 1.82) is 0 Å². The second-order valence-corrected chi connectivity index (χ2v) is 6.71. The van der Waals surface area contributed by atoms with Gasteiger partial charge in [-0.3, -0.25) is 4.99 Å². The molecule has 7 heteroatoms. The van der Waals surface area contributed by atoms with Gasteiger partial charge >= 0.3 is 0 Å². The van der Waals surface area contributed by atoms with Crippen LogP contribution >= 0.6 is 0 Å². The van der Waals surface area contributed by atoms with Gasteiger partial charge in [0.1, 0.15) is 0 Å². The van der Waals surface area contributed by atoms with E-state index in [-0.39, 0.29) is 0 Å². The Bertz CT molecular complexity index is 728. The van der Waals surface area contributed by atoms with Crippen LogP contribution in [0.15, 0.2) is 41.5 Å². The van der Waals surface area contributed by atoms with E-state index in [2.05, 4.69) is 60.0 Å². The maximum Gasteiger partial charge on any atom is 0.204 e. The zero-order valence-electron chi connectivity index (χ0n) is 16.2. The highest BCUT2D eigenvalue weighted by atomic mass is 15.4. The van der Waals surface area contributed by atoms with E-state index in [1.54, 1.807) is 0 Å². The van der Waals surface area contributed by atoms with Gasteiger partial charge in [-0.25, -0.2) is 4.98 Å². The predicted molar refractivity (Wildman–Crippen MR) is 108 cm³/mol. The molecule has 1 aromatic heterocycles.